The van der Waals surface area contributed by atoms with E-state index in [4.69, 9.17) is 4.74 Å². The maximum absolute atomic E-state index is 13.5. The summed E-state index contributed by atoms with van der Waals surface area (Å²) in [6.45, 7) is 2.08. The predicted octanol–water partition coefficient (Wildman–Crippen LogP) is 6.44. The second kappa shape index (κ2) is 8.75. The Morgan fingerprint density at radius 3 is 2.72 bits per heavy atom. The van der Waals surface area contributed by atoms with E-state index in [1.54, 1.807) is 18.9 Å². The fourth-order valence-electron chi connectivity index (χ4n) is 4.40. The van der Waals surface area contributed by atoms with E-state index in [0.717, 1.165) is 45.7 Å². The molecule has 4 nitrogen and oxygen atoms in total. The number of H-pyrrole nitrogens is 1. The van der Waals surface area contributed by atoms with Crippen molar-refractivity contribution in [2.45, 2.75) is 42.0 Å². The summed E-state index contributed by atoms with van der Waals surface area (Å²) in [5.74, 6) is 0.690. The van der Waals surface area contributed by atoms with Crippen LogP contribution in [0.5, 0.6) is 5.75 Å². The van der Waals surface area contributed by atoms with Crippen molar-refractivity contribution in [2.24, 2.45) is 0 Å². The van der Waals surface area contributed by atoms with Gasteiger partial charge in [0.2, 0.25) is 0 Å². The van der Waals surface area contributed by atoms with E-state index in [2.05, 4.69) is 65.8 Å². The number of aromatic amines is 1. The lowest BCUT2D eigenvalue weighted by Gasteiger charge is -2.26. The third kappa shape index (κ3) is 4.00. The van der Waals surface area contributed by atoms with Crippen LogP contribution in [0, 0.1) is 6.92 Å². The van der Waals surface area contributed by atoms with E-state index >= 15 is 0 Å². The number of amides is 1. The summed E-state index contributed by atoms with van der Waals surface area (Å²) < 4.78 is 5.40. The lowest BCUT2D eigenvalue weighted by Crippen LogP contribution is -2.31. The molecule has 5 rings (SSSR count). The van der Waals surface area contributed by atoms with E-state index in [-0.39, 0.29) is 11.9 Å². The van der Waals surface area contributed by atoms with Crippen molar-refractivity contribution in [1.82, 2.24) is 10.3 Å². The van der Waals surface area contributed by atoms with Crippen molar-refractivity contribution in [2.75, 3.05) is 7.11 Å². The van der Waals surface area contributed by atoms with Gasteiger partial charge in [0.15, 0.2) is 0 Å². The molecule has 1 aliphatic carbocycles. The quantitative estimate of drug-likeness (QED) is 0.374. The number of methoxy groups -OCH3 is 1. The maximum Gasteiger partial charge on any atom is 0.269 e. The minimum Gasteiger partial charge on any atom is -0.497 e. The van der Waals surface area contributed by atoms with Gasteiger partial charge in [-0.15, -0.1) is 0 Å². The summed E-state index contributed by atoms with van der Waals surface area (Å²) >= 11 is 1.62. The molecule has 1 heterocycles. The average Bonchev–Trinajstić information content (AvgIpc) is 3.18. The normalized spacial score (nSPS) is 15.4. The molecule has 0 bridgehead atoms. The van der Waals surface area contributed by atoms with Gasteiger partial charge in [-0.2, -0.15) is 0 Å². The number of aryl methyl sites for hydroxylation is 2. The molecule has 2 N–H and O–H groups in total. The number of hydrogen-bond acceptors (Lipinski definition) is 3. The highest BCUT2D eigenvalue weighted by molar-refractivity contribution is 7.99. The lowest BCUT2D eigenvalue weighted by atomic mass is 9.87. The number of nitrogens with one attached hydrogen (secondary N) is 2. The molecule has 0 spiro atoms. The fraction of sp³-hybridized carbons (Fsp3) is 0.222. The Balaban J connectivity index is 1.52. The van der Waals surface area contributed by atoms with Gasteiger partial charge in [-0.05, 0) is 61.6 Å². The highest BCUT2D eigenvalue weighted by Crippen LogP contribution is 2.38. The first-order valence-corrected chi connectivity index (χ1v) is 11.8. The summed E-state index contributed by atoms with van der Waals surface area (Å²) in [5.41, 5.74) is 5.28. The molecule has 0 saturated heterocycles. The van der Waals surface area contributed by atoms with Crippen LogP contribution in [-0.2, 0) is 6.42 Å². The number of rotatable bonds is 5. The van der Waals surface area contributed by atoms with E-state index in [0.29, 0.717) is 5.69 Å². The Morgan fingerprint density at radius 1 is 1.09 bits per heavy atom. The van der Waals surface area contributed by atoms with Crippen LogP contribution < -0.4 is 10.1 Å². The Labute approximate surface area is 192 Å². The minimum absolute atomic E-state index is 0.0330. The Morgan fingerprint density at radius 2 is 1.91 bits per heavy atom. The van der Waals surface area contributed by atoms with E-state index < -0.39 is 0 Å². The molecule has 0 aliphatic heterocycles. The van der Waals surface area contributed by atoms with E-state index in [1.165, 1.54) is 16.7 Å². The minimum atomic E-state index is -0.0727. The largest absolute Gasteiger partial charge is 0.497 e. The average molecular weight is 443 g/mol. The molecule has 162 valence electrons. The number of hydrogen-bond donors (Lipinski definition) is 2. The van der Waals surface area contributed by atoms with Crippen molar-refractivity contribution in [3.05, 3.63) is 89.1 Å². The molecular weight excluding hydrogens is 416 g/mol. The number of aromatic nitrogens is 1. The summed E-state index contributed by atoms with van der Waals surface area (Å²) in [6.07, 6.45) is 3.11. The Hall–Kier alpha value is -3.18. The van der Waals surface area contributed by atoms with Gasteiger partial charge < -0.3 is 15.0 Å². The number of ether oxygens (including phenoxy) is 1. The van der Waals surface area contributed by atoms with Crippen molar-refractivity contribution in [3.63, 3.8) is 0 Å². The molecule has 3 aromatic carbocycles. The van der Waals surface area contributed by atoms with Gasteiger partial charge in [-0.25, -0.2) is 0 Å². The molecule has 0 radical (unpaired) electrons. The van der Waals surface area contributed by atoms with Crippen LogP contribution in [0.3, 0.4) is 0 Å². The van der Waals surface area contributed by atoms with Crippen molar-refractivity contribution < 1.29 is 9.53 Å². The van der Waals surface area contributed by atoms with Gasteiger partial charge in [0, 0.05) is 16.3 Å². The van der Waals surface area contributed by atoms with E-state index in [1.807, 2.05) is 18.2 Å². The van der Waals surface area contributed by atoms with Gasteiger partial charge in [-0.3, -0.25) is 4.79 Å². The van der Waals surface area contributed by atoms with E-state index in [9.17, 15) is 4.79 Å². The van der Waals surface area contributed by atoms with Crippen LogP contribution in [0.25, 0.3) is 10.9 Å². The van der Waals surface area contributed by atoms with Gasteiger partial charge in [-0.1, -0.05) is 53.7 Å². The molecule has 0 fully saturated rings. The molecule has 1 atom stereocenters. The second-order valence-corrected chi connectivity index (χ2v) is 9.36. The van der Waals surface area contributed by atoms with Gasteiger partial charge in [0.1, 0.15) is 11.4 Å². The Kier molecular flexibility index (Phi) is 5.66. The van der Waals surface area contributed by atoms with Gasteiger partial charge in [0.05, 0.1) is 23.6 Å². The zero-order valence-electron chi connectivity index (χ0n) is 18.3. The highest BCUT2D eigenvalue weighted by atomic mass is 32.2. The smallest absolute Gasteiger partial charge is 0.269 e. The Bertz CT molecular complexity index is 1280. The summed E-state index contributed by atoms with van der Waals surface area (Å²) in [6, 6.07) is 22.8. The SMILES string of the molecule is COc1ccc2c(Sc3ccc(C)cc3)c(C(=O)N[C@@H]3CCCc4ccccc43)[nH]c2c1. The maximum atomic E-state index is 13.5. The zero-order chi connectivity index (χ0) is 22.1. The van der Waals surface area contributed by atoms with Crippen LogP contribution in [0.15, 0.2) is 76.5 Å². The highest BCUT2D eigenvalue weighted by Gasteiger charge is 2.25. The molecule has 1 aromatic heterocycles. The third-order valence-corrected chi connectivity index (χ3v) is 7.24. The lowest BCUT2D eigenvalue weighted by molar-refractivity contribution is 0.0925. The third-order valence-electron chi connectivity index (χ3n) is 6.10. The van der Waals surface area contributed by atoms with Crippen molar-refractivity contribution >= 4 is 28.6 Å². The standard InChI is InChI=1S/C27H26N2O2S/c1-17-10-13-20(14-11-17)32-26-22-15-12-19(31-2)16-24(22)28-25(26)27(30)29-23-9-5-7-18-6-3-4-8-21(18)23/h3-4,6,8,10-16,23,28H,5,7,9H2,1-2H3,(H,29,30)/t23-/m1/s1. The summed E-state index contributed by atoms with van der Waals surface area (Å²) in [5, 5.41) is 4.32. The summed E-state index contributed by atoms with van der Waals surface area (Å²) in [4.78, 5) is 18.9. The van der Waals surface area contributed by atoms with Crippen LogP contribution >= 0.6 is 11.8 Å². The van der Waals surface area contributed by atoms with Crippen LogP contribution in [0.1, 0.15) is 46.1 Å². The molecule has 1 aliphatic rings. The van der Waals surface area contributed by atoms with Crippen LogP contribution in [0.4, 0.5) is 0 Å². The first-order chi connectivity index (χ1) is 15.6. The molecule has 5 heteroatoms. The van der Waals surface area contributed by atoms with Gasteiger partial charge in [0.25, 0.3) is 5.91 Å². The fourth-order valence-corrected chi connectivity index (χ4v) is 5.44. The molecule has 4 aromatic rings. The number of fused-ring (bicyclic) bond motifs is 2. The van der Waals surface area contributed by atoms with Crippen molar-refractivity contribution in [3.8, 4) is 5.75 Å². The molecule has 1 amide bonds. The number of benzene rings is 3. The zero-order valence-corrected chi connectivity index (χ0v) is 19.1. The van der Waals surface area contributed by atoms with Gasteiger partial charge >= 0.3 is 0 Å². The second-order valence-electron chi connectivity index (χ2n) is 8.27. The first-order valence-electron chi connectivity index (χ1n) is 11.0. The van der Waals surface area contributed by atoms with Crippen LogP contribution in [0.2, 0.25) is 0 Å². The predicted molar refractivity (Wildman–Crippen MR) is 130 cm³/mol. The molecule has 32 heavy (non-hydrogen) atoms. The summed E-state index contributed by atoms with van der Waals surface area (Å²) in [7, 11) is 1.65. The molecule has 0 saturated carbocycles. The topological polar surface area (TPSA) is 54.1 Å². The number of carbonyl (C=O) groups is 1. The molecular formula is C27H26N2O2S. The monoisotopic (exact) mass is 442 g/mol. The molecule has 0 unspecified atom stereocenters. The first kappa shape index (κ1) is 20.7. The number of carbonyl (C=O) groups excluding carboxylic acids is 1. The van der Waals surface area contributed by atoms with Crippen molar-refractivity contribution in [1.29, 1.82) is 0 Å². The van der Waals surface area contributed by atoms with Crippen LogP contribution in [-0.4, -0.2) is 18.0 Å².